The van der Waals surface area contributed by atoms with Gasteiger partial charge in [0, 0.05) is 10.8 Å². The van der Waals surface area contributed by atoms with Crippen molar-refractivity contribution >= 4 is 11.8 Å². The minimum Gasteiger partial charge on any atom is -0.327 e. The van der Waals surface area contributed by atoms with Crippen LogP contribution in [0.4, 0.5) is 0 Å². The summed E-state index contributed by atoms with van der Waals surface area (Å²) in [6.45, 7) is 8.86. The smallest absolute Gasteiger partial charge is 0.0115 e. The number of hydrogen-bond donors (Lipinski definition) is 1. The number of thioether (sulfide) groups is 1. The summed E-state index contributed by atoms with van der Waals surface area (Å²) < 4.78 is 0.337. The third-order valence-electron chi connectivity index (χ3n) is 2.14. The summed E-state index contributed by atoms with van der Waals surface area (Å²) in [7, 11) is 0. The van der Waals surface area contributed by atoms with E-state index in [1.165, 1.54) is 0 Å². The summed E-state index contributed by atoms with van der Waals surface area (Å²) in [5.74, 6) is 0.599. The lowest BCUT2D eigenvalue weighted by atomic mass is 9.95. The van der Waals surface area contributed by atoms with Crippen molar-refractivity contribution in [3.05, 3.63) is 0 Å². The summed E-state index contributed by atoms with van der Waals surface area (Å²) in [5, 5.41) is 0. The molecule has 0 bridgehead atoms. The Balaban J connectivity index is 3.83. The standard InChI is InChI=1S/C9H21NS/c1-7(2)8(10)6-9(3,4)11-5/h7-8H,6,10H2,1-5H3. The van der Waals surface area contributed by atoms with Crippen molar-refractivity contribution in [1.82, 2.24) is 0 Å². The summed E-state index contributed by atoms with van der Waals surface area (Å²) in [4.78, 5) is 0. The van der Waals surface area contributed by atoms with Gasteiger partial charge in [0.05, 0.1) is 0 Å². The van der Waals surface area contributed by atoms with Crippen molar-refractivity contribution in [1.29, 1.82) is 0 Å². The average Bonchev–Trinajstić information content (AvgIpc) is 1.87. The molecular weight excluding hydrogens is 154 g/mol. The molecule has 0 amide bonds. The molecule has 1 unspecified atom stereocenters. The molecule has 0 heterocycles. The van der Waals surface area contributed by atoms with E-state index in [0.717, 1.165) is 6.42 Å². The van der Waals surface area contributed by atoms with Crippen LogP contribution in [-0.4, -0.2) is 17.0 Å². The first-order chi connectivity index (χ1) is 4.89. The maximum absolute atomic E-state index is 5.96. The zero-order valence-electron chi connectivity index (χ0n) is 8.35. The van der Waals surface area contributed by atoms with Gasteiger partial charge in [0.1, 0.15) is 0 Å². The van der Waals surface area contributed by atoms with Crippen LogP contribution in [0.5, 0.6) is 0 Å². The highest BCUT2D eigenvalue weighted by molar-refractivity contribution is 7.99. The lowest BCUT2D eigenvalue weighted by molar-refractivity contribution is 0.426. The van der Waals surface area contributed by atoms with Crippen LogP contribution in [0.1, 0.15) is 34.1 Å². The second-order valence-electron chi connectivity index (χ2n) is 4.08. The lowest BCUT2D eigenvalue weighted by Crippen LogP contribution is -2.33. The molecule has 0 saturated carbocycles. The maximum Gasteiger partial charge on any atom is 0.0115 e. The quantitative estimate of drug-likeness (QED) is 0.710. The Morgan fingerprint density at radius 3 is 2.09 bits per heavy atom. The molecule has 2 N–H and O–H groups in total. The van der Waals surface area contributed by atoms with Crippen LogP contribution < -0.4 is 5.73 Å². The van der Waals surface area contributed by atoms with Gasteiger partial charge < -0.3 is 5.73 Å². The molecule has 1 atom stereocenters. The van der Waals surface area contributed by atoms with Crippen LogP contribution in [0.15, 0.2) is 0 Å². The van der Waals surface area contributed by atoms with E-state index >= 15 is 0 Å². The van der Waals surface area contributed by atoms with Crippen LogP contribution in [0, 0.1) is 5.92 Å². The van der Waals surface area contributed by atoms with Crippen molar-refractivity contribution in [2.75, 3.05) is 6.26 Å². The molecule has 0 fully saturated rings. The van der Waals surface area contributed by atoms with E-state index < -0.39 is 0 Å². The summed E-state index contributed by atoms with van der Waals surface area (Å²) in [6, 6.07) is 0.345. The Morgan fingerprint density at radius 2 is 1.82 bits per heavy atom. The molecule has 0 aliphatic rings. The van der Waals surface area contributed by atoms with Crippen LogP contribution in [0.25, 0.3) is 0 Å². The van der Waals surface area contributed by atoms with E-state index in [2.05, 4.69) is 34.0 Å². The first-order valence-electron chi connectivity index (χ1n) is 4.20. The van der Waals surface area contributed by atoms with Gasteiger partial charge in [-0.2, -0.15) is 11.8 Å². The molecule has 0 radical (unpaired) electrons. The van der Waals surface area contributed by atoms with Gasteiger partial charge in [-0.3, -0.25) is 0 Å². The summed E-state index contributed by atoms with van der Waals surface area (Å²) in [6.07, 6.45) is 3.25. The fourth-order valence-electron chi connectivity index (χ4n) is 0.887. The maximum atomic E-state index is 5.96. The van der Waals surface area contributed by atoms with E-state index in [9.17, 15) is 0 Å². The van der Waals surface area contributed by atoms with Gasteiger partial charge >= 0.3 is 0 Å². The van der Waals surface area contributed by atoms with E-state index in [0.29, 0.717) is 16.7 Å². The van der Waals surface area contributed by atoms with Crippen molar-refractivity contribution in [2.24, 2.45) is 11.7 Å². The average molecular weight is 175 g/mol. The molecule has 0 aromatic carbocycles. The van der Waals surface area contributed by atoms with Crippen molar-refractivity contribution in [3.63, 3.8) is 0 Å². The van der Waals surface area contributed by atoms with E-state index in [4.69, 9.17) is 5.73 Å². The lowest BCUT2D eigenvalue weighted by Gasteiger charge is -2.27. The summed E-state index contributed by atoms with van der Waals surface area (Å²) >= 11 is 1.89. The second kappa shape index (κ2) is 4.36. The number of rotatable bonds is 4. The molecule has 1 nitrogen and oxygen atoms in total. The second-order valence-corrected chi connectivity index (χ2v) is 5.59. The summed E-state index contributed by atoms with van der Waals surface area (Å²) in [5.41, 5.74) is 5.96. The topological polar surface area (TPSA) is 26.0 Å². The Morgan fingerprint density at radius 1 is 1.36 bits per heavy atom. The zero-order valence-corrected chi connectivity index (χ0v) is 9.16. The third-order valence-corrected chi connectivity index (χ3v) is 3.41. The number of nitrogens with two attached hydrogens (primary N) is 1. The molecule has 0 aromatic heterocycles. The zero-order chi connectivity index (χ0) is 9.07. The Labute approximate surface area is 75.1 Å². The minimum atomic E-state index is 0.337. The molecule has 0 rings (SSSR count). The third kappa shape index (κ3) is 4.70. The largest absolute Gasteiger partial charge is 0.327 e. The van der Waals surface area contributed by atoms with Crippen LogP contribution >= 0.6 is 11.8 Å². The SMILES string of the molecule is CSC(C)(C)CC(N)C(C)C. The first-order valence-corrected chi connectivity index (χ1v) is 5.42. The van der Waals surface area contributed by atoms with Crippen LogP contribution in [-0.2, 0) is 0 Å². The Kier molecular flexibility index (Phi) is 4.49. The van der Waals surface area contributed by atoms with Gasteiger partial charge in [0.15, 0.2) is 0 Å². The molecule has 0 spiro atoms. The molecule has 2 heteroatoms. The van der Waals surface area contributed by atoms with Gasteiger partial charge in [0.2, 0.25) is 0 Å². The Hall–Kier alpha value is 0.310. The molecule has 11 heavy (non-hydrogen) atoms. The van der Waals surface area contributed by atoms with Gasteiger partial charge in [0.25, 0.3) is 0 Å². The fourth-order valence-corrected chi connectivity index (χ4v) is 1.25. The van der Waals surface area contributed by atoms with Gasteiger partial charge in [-0.15, -0.1) is 0 Å². The Bertz CT molecular complexity index is 110. The molecule has 0 aliphatic carbocycles. The van der Waals surface area contributed by atoms with E-state index in [-0.39, 0.29) is 0 Å². The van der Waals surface area contributed by atoms with Crippen molar-refractivity contribution in [2.45, 2.75) is 44.9 Å². The fraction of sp³-hybridized carbons (Fsp3) is 1.00. The highest BCUT2D eigenvalue weighted by Crippen LogP contribution is 2.27. The van der Waals surface area contributed by atoms with E-state index in [1.54, 1.807) is 0 Å². The predicted molar refractivity (Wildman–Crippen MR) is 55.0 cm³/mol. The van der Waals surface area contributed by atoms with Crippen molar-refractivity contribution < 1.29 is 0 Å². The highest BCUT2D eigenvalue weighted by Gasteiger charge is 2.21. The normalized spacial score (nSPS) is 15.5. The highest BCUT2D eigenvalue weighted by atomic mass is 32.2. The van der Waals surface area contributed by atoms with E-state index in [1.807, 2.05) is 11.8 Å². The first kappa shape index (κ1) is 11.3. The minimum absolute atomic E-state index is 0.337. The van der Waals surface area contributed by atoms with Crippen LogP contribution in [0.3, 0.4) is 0 Å². The van der Waals surface area contributed by atoms with Gasteiger partial charge in [-0.05, 0) is 18.6 Å². The molecule has 68 valence electrons. The van der Waals surface area contributed by atoms with Crippen molar-refractivity contribution in [3.8, 4) is 0 Å². The van der Waals surface area contributed by atoms with Crippen LogP contribution in [0.2, 0.25) is 0 Å². The molecule has 0 aromatic rings. The monoisotopic (exact) mass is 175 g/mol. The van der Waals surface area contributed by atoms with Gasteiger partial charge in [-0.1, -0.05) is 27.7 Å². The predicted octanol–water partition coefficient (Wildman–Crippen LogP) is 2.50. The number of hydrogen-bond acceptors (Lipinski definition) is 2. The molecular formula is C9H21NS. The molecule has 0 aliphatic heterocycles. The van der Waals surface area contributed by atoms with Gasteiger partial charge in [-0.25, -0.2) is 0 Å². The molecule has 0 saturated heterocycles.